The molecule has 1 heterocycles. The average Bonchev–Trinajstić information content (AvgIpc) is 2.44. The summed E-state index contributed by atoms with van der Waals surface area (Å²) in [7, 11) is 0. The summed E-state index contributed by atoms with van der Waals surface area (Å²) in [6.07, 6.45) is 0.656. The van der Waals surface area contributed by atoms with Crippen molar-refractivity contribution in [3.63, 3.8) is 0 Å². The van der Waals surface area contributed by atoms with Crippen molar-refractivity contribution in [1.29, 1.82) is 0 Å². The van der Waals surface area contributed by atoms with Crippen molar-refractivity contribution in [2.24, 2.45) is 0 Å². The molecule has 1 atom stereocenters. The Morgan fingerprint density at radius 3 is 2.89 bits per heavy atom. The Bertz CT molecular complexity index is 597. The fraction of sp³-hybridized carbons (Fsp3) is 0.286. The van der Waals surface area contributed by atoms with Crippen molar-refractivity contribution in [3.8, 4) is 0 Å². The van der Waals surface area contributed by atoms with Gasteiger partial charge in [-0.3, -0.25) is 4.79 Å². The zero-order chi connectivity index (χ0) is 13.8. The Morgan fingerprint density at radius 2 is 2.21 bits per heavy atom. The van der Waals surface area contributed by atoms with E-state index in [0.29, 0.717) is 11.6 Å². The van der Waals surface area contributed by atoms with E-state index >= 15 is 0 Å². The summed E-state index contributed by atoms with van der Waals surface area (Å²) in [6.45, 7) is 1.80. The highest BCUT2D eigenvalue weighted by Gasteiger charge is 2.14. The summed E-state index contributed by atoms with van der Waals surface area (Å²) >= 11 is 6.07. The number of carbonyl (C=O) groups excluding carboxylic acids is 1. The highest BCUT2D eigenvalue weighted by atomic mass is 35.5. The van der Waals surface area contributed by atoms with E-state index in [0.717, 1.165) is 10.8 Å². The molecule has 2 rings (SSSR count). The number of halogens is 1. The van der Waals surface area contributed by atoms with Crippen LogP contribution in [0.4, 0.5) is 0 Å². The van der Waals surface area contributed by atoms with Gasteiger partial charge in [0.15, 0.2) is 0 Å². The molecule has 4 nitrogen and oxygen atoms in total. The van der Waals surface area contributed by atoms with E-state index in [1.54, 1.807) is 6.07 Å². The summed E-state index contributed by atoms with van der Waals surface area (Å²) in [5, 5.41) is 13.8. The van der Waals surface area contributed by atoms with Gasteiger partial charge in [-0.05, 0) is 17.9 Å². The van der Waals surface area contributed by atoms with Crippen LogP contribution in [-0.4, -0.2) is 28.6 Å². The predicted molar refractivity (Wildman–Crippen MR) is 75.4 cm³/mol. The largest absolute Gasteiger partial charge is 0.394 e. The van der Waals surface area contributed by atoms with E-state index in [1.807, 2.05) is 31.2 Å². The van der Waals surface area contributed by atoms with Gasteiger partial charge in [-0.15, -0.1) is 0 Å². The number of hydrogen-bond donors (Lipinski definition) is 2. The molecule has 0 aliphatic heterocycles. The van der Waals surface area contributed by atoms with Gasteiger partial charge >= 0.3 is 0 Å². The molecule has 0 fully saturated rings. The SMILES string of the molecule is CCC(CO)NC(=O)c1cc2ccccc2c(Cl)n1. The number of pyridine rings is 1. The zero-order valence-corrected chi connectivity index (χ0v) is 11.3. The Balaban J connectivity index is 2.32. The van der Waals surface area contributed by atoms with E-state index in [2.05, 4.69) is 10.3 Å². The molecule has 1 amide bonds. The number of nitrogens with one attached hydrogen (secondary N) is 1. The minimum atomic E-state index is -0.325. The second-order valence-electron chi connectivity index (χ2n) is 4.28. The van der Waals surface area contributed by atoms with Crippen LogP contribution in [-0.2, 0) is 0 Å². The Morgan fingerprint density at radius 1 is 1.47 bits per heavy atom. The normalized spacial score (nSPS) is 12.4. The third-order valence-electron chi connectivity index (χ3n) is 2.97. The molecule has 0 saturated carbocycles. The first-order chi connectivity index (χ1) is 9.15. The number of amides is 1. The lowest BCUT2D eigenvalue weighted by molar-refractivity contribution is 0.0910. The number of fused-ring (bicyclic) bond motifs is 1. The number of carbonyl (C=O) groups is 1. The number of nitrogens with zero attached hydrogens (tertiary/aromatic N) is 1. The lowest BCUT2D eigenvalue weighted by Crippen LogP contribution is -2.37. The van der Waals surface area contributed by atoms with Gasteiger partial charge in [0.1, 0.15) is 10.8 Å². The second-order valence-corrected chi connectivity index (χ2v) is 4.64. The molecule has 1 aromatic heterocycles. The van der Waals surface area contributed by atoms with Crippen LogP contribution in [0.5, 0.6) is 0 Å². The molecule has 1 unspecified atom stereocenters. The lowest BCUT2D eigenvalue weighted by atomic mass is 10.1. The van der Waals surface area contributed by atoms with Crippen molar-refractivity contribution in [2.75, 3.05) is 6.61 Å². The Labute approximate surface area is 116 Å². The first-order valence-electron chi connectivity index (χ1n) is 6.12. The molecule has 100 valence electrons. The van der Waals surface area contributed by atoms with Crippen molar-refractivity contribution < 1.29 is 9.90 Å². The monoisotopic (exact) mass is 278 g/mol. The summed E-state index contributed by atoms with van der Waals surface area (Å²) < 4.78 is 0. The Hall–Kier alpha value is -1.65. The molecule has 1 aromatic carbocycles. The van der Waals surface area contributed by atoms with E-state index in [-0.39, 0.29) is 24.2 Å². The van der Waals surface area contributed by atoms with Crippen LogP contribution in [0.3, 0.4) is 0 Å². The van der Waals surface area contributed by atoms with Gasteiger partial charge in [0, 0.05) is 5.39 Å². The predicted octanol–water partition coefficient (Wildman–Crippen LogP) is 2.39. The Kier molecular flexibility index (Phi) is 4.35. The lowest BCUT2D eigenvalue weighted by Gasteiger charge is -2.14. The van der Waals surface area contributed by atoms with Crippen LogP contribution >= 0.6 is 11.6 Å². The molecule has 2 aromatic rings. The maximum absolute atomic E-state index is 12.0. The average molecular weight is 279 g/mol. The molecule has 0 radical (unpaired) electrons. The molecule has 0 bridgehead atoms. The number of rotatable bonds is 4. The smallest absolute Gasteiger partial charge is 0.270 e. The third-order valence-corrected chi connectivity index (χ3v) is 3.26. The fourth-order valence-electron chi connectivity index (χ4n) is 1.81. The van der Waals surface area contributed by atoms with E-state index in [1.165, 1.54) is 0 Å². The highest BCUT2D eigenvalue weighted by molar-refractivity contribution is 6.34. The molecule has 0 aliphatic rings. The van der Waals surface area contributed by atoms with Crippen molar-refractivity contribution in [2.45, 2.75) is 19.4 Å². The molecule has 5 heteroatoms. The van der Waals surface area contributed by atoms with Crippen LogP contribution in [0.1, 0.15) is 23.8 Å². The van der Waals surface area contributed by atoms with Gasteiger partial charge < -0.3 is 10.4 Å². The van der Waals surface area contributed by atoms with E-state index in [9.17, 15) is 4.79 Å². The van der Waals surface area contributed by atoms with Crippen LogP contribution < -0.4 is 5.32 Å². The van der Waals surface area contributed by atoms with Crippen LogP contribution in [0.15, 0.2) is 30.3 Å². The van der Waals surface area contributed by atoms with Crippen molar-refractivity contribution >= 4 is 28.3 Å². The third kappa shape index (κ3) is 3.03. The number of hydrogen-bond acceptors (Lipinski definition) is 3. The molecule has 2 N–H and O–H groups in total. The van der Waals surface area contributed by atoms with Gasteiger partial charge in [0.2, 0.25) is 0 Å². The summed E-state index contributed by atoms with van der Waals surface area (Å²) in [5.74, 6) is -0.325. The van der Waals surface area contributed by atoms with Crippen LogP contribution in [0.2, 0.25) is 5.15 Å². The molecule has 19 heavy (non-hydrogen) atoms. The number of aromatic nitrogens is 1. The van der Waals surface area contributed by atoms with Crippen LogP contribution in [0, 0.1) is 0 Å². The standard InChI is InChI=1S/C14H15ClN2O2/c1-2-10(8-18)16-14(19)12-7-9-5-3-4-6-11(9)13(15)17-12/h3-7,10,18H,2,8H2,1H3,(H,16,19). The van der Waals surface area contributed by atoms with Gasteiger partial charge in [0.25, 0.3) is 5.91 Å². The summed E-state index contributed by atoms with van der Waals surface area (Å²) in [4.78, 5) is 16.1. The fourth-order valence-corrected chi connectivity index (χ4v) is 2.07. The summed E-state index contributed by atoms with van der Waals surface area (Å²) in [5.41, 5.74) is 0.260. The number of benzene rings is 1. The molecule has 0 spiro atoms. The summed E-state index contributed by atoms with van der Waals surface area (Å²) in [6, 6.07) is 8.91. The maximum Gasteiger partial charge on any atom is 0.270 e. The zero-order valence-electron chi connectivity index (χ0n) is 10.6. The maximum atomic E-state index is 12.0. The molecular formula is C14H15ClN2O2. The van der Waals surface area contributed by atoms with E-state index < -0.39 is 0 Å². The second kappa shape index (κ2) is 5.99. The molecular weight excluding hydrogens is 264 g/mol. The quantitative estimate of drug-likeness (QED) is 0.844. The van der Waals surface area contributed by atoms with Gasteiger partial charge in [0.05, 0.1) is 12.6 Å². The van der Waals surface area contributed by atoms with Crippen molar-refractivity contribution in [1.82, 2.24) is 10.3 Å². The minimum Gasteiger partial charge on any atom is -0.394 e. The molecule has 0 saturated heterocycles. The van der Waals surface area contributed by atoms with Crippen LogP contribution in [0.25, 0.3) is 10.8 Å². The minimum absolute atomic E-state index is 0.0937. The first kappa shape index (κ1) is 13.8. The van der Waals surface area contributed by atoms with Gasteiger partial charge in [-0.2, -0.15) is 0 Å². The number of aliphatic hydroxyl groups excluding tert-OH is 1. The molecule has 0 aliphatic carbocycles. The van der Waals surface area contributed by atoms with Gasteiger partial charge in [-0.25, -0.2) is 4.98 Å². The topological polar surface area (TPSA) is 62.2 Å². The number of aliphatic hydroxyl groups is 1. The van der Waals surface area contributed by atoms with E-state index in [4.69, 9.17) is 16.7 Å². The first-order valence-corrected chi connectivity index (χ1v) is 6.50. The highest BCUT2D eigenvalue weighted by Crippen LogP contribution is 2.22. The van der Waals surface area contributed by atoms with Crippen molar-refractivity contribution in [3.05, 3.63) is 41.2 Å². The van der Waals surface area contributed by atoms with Gasteiger partial charge in [-0.1, -0.05) is 42.8 Å².